The number of rotatable bonds is 4. The number of ether oxygens (including phenoxy) is 1. The fraction of sp³-hybridized carbons (Fsp3) is 0.333. The summed E-state index contributed by atoms with van der Waals surface area (Å²) in [5.41, 5.74) is 4.12. The first kappa shape index (κ1) is 13.2. The third kappa shape index (κ3) is 2.56. The van der Waals surface area contributed by atoms with Crippen LogP contribution in [0.3, 0.4) is 0 Å². The Morgan fingerprint density at radius 1 is 1.05 bits per heavy atom. The van der Waals surface area contributed by atoms with Gasteiger partial charge in [0.05, 0.1) is 0 Å². The summed E-state index contributed by atoms with van der Waals surface area (Å²) in [5.74, 6) is 1.88. The maximum Gasteiger partial charge on any atom is 0.132 e. The van der Waals surface area contributed by atoms with E-state index in [1.807, 2.05) is 19.2 Å². The van der Waals surface area contributed by atoms with Gasteiger partial charge in [-0.3, -0.25) is 0 Å². The largest absolute Gasteiger partial charge is 0.457 e. The van der Waals surface area contributed by atoms with E-state index in [1.54, 1.807) is 0 Å². The molecular weight excluding hydrogens is 246 g/mol. The Kier molecular flexibility index (Phi) is 3.75. The summed E-state index contributed by atoms with van der Waals surface area (Å²) in [6.45, 7) is 2.14. The molecule has 3 rings (SSSR count). The van der Waals surface area contributed by atoms with Crippen LogP contribution in [0.2, 0.25) is 0 Å². The van der Waals surface area contributed by atoms with E-state index in [4.69, 9.17) is 4.74 Å². The highest BCUT2D eigenvalue weighted by Crippen LogP contribution is 2.32. The van der Waals surface area contributed by atoms with Crippen molar-refractivity contribution in [3.8, 4) is 11.5 Å². The second-order valence-corrected chi connectivity index (χ2v) is 5.43. The van der Waals surface area contributed by atoms with E-state index < -0.39 is 0 Å². The van der Waals surface area contributed by atoms with Gasteiger partial charge >= 0.3 is 0 Å². The first-order valence-electron chi connectivity index (χ1n) is 7.34. The highest BCUT2D eigenvalue weighted by Gasteiger charge is 2.13. The minimum absolute atomic E-state index is 0.278. The van der Waals surface area contributed by atoms with Gasteiger partial charge in [-0.25, -0.2) is 0 Å². The Morgan fingerprint density at radius 3 is 2.70 bits per heavy atom. The van der Waals surface area contributed by atoms with Crippen LogP contribution in [0.5, 0.6) is 11.5 Å². The molecule has 104 valence electrons. The van der Waals surface area contributed by atoms with Gasteiger partial charge in [0.1, 0.15) is 11.5 Å². The standard InChI is InChI=1S/C18H21NO/c1-13(19-2)17-8-3-4-9-18(17)20-16-11-10-14-6-5-7-15(14)12-16/h3-4,8-13,19H,5-7H2,1-2H3. The molecule has 0 spiro atoms. The van der Waals surface area contributed by atoms with Crippen LogP contribution in [-0.4, -0.2) is 7.05 Å². The zero-order valence-electron chi connectivity index (χ0n) is 12.1. The lowest BCUT2D eigenvalue weighted by Gasteiger charge is -2.16. The monoisotopic (exact) mass is 267 g/mol. The number of para-hydroxylation sites is 1. The number of nitrogens with one attached hydrogen (secondary N) is 1. The molecule has 0 heterocycles. The molecule has 0 aliphatic heterocycles. The van der Waals surface area contributed by atoms with Crippen molar-refractivity contribution in [1.82, 2.24) is 5.32 Å². The lowest BCUT2D eigenvalue weighted by Crippen LogP contribution is -2.13. The van der Waals surface area contributed by atoms with E-state index in [-0.39, 0.29) is 6.04 Å². The van der Waals surface area contributed by atoms with Crippen molar-refractivity contribution in [3.05, 3.63) is 59.2 Å². The zero-order valence-corrected chi connectivity index (χ0v) is 12.1. The lowest BCUT2D eigenvalue weighted by atomic mass is 10.1. The molecule has 1 aliphatic carbocycles. The highest BCUT2D eigenvalue weighted by molar-refractivity contribution is 5.43. The van der Waals surface area contributed by atoms with Gasteiger partial charge in [0.2, 0.25) is 0 Å². The predicted molar refractivity (Wildman–Crippen MR) is 82.5 cm³/mol. The number of hydrogen-bond acceptors (Lipinski definition) is 2. The average molecular weight is 267 g/mol. The molecule has 0 saturated carbocycles. The number of hydrogen-bond donors (Lipinski definition) is 1. The third-order valence-corrected chi connectivity index (χ3v) is 4.12. The van der Waals surface area contributed by atoms with Crippen LogP contribution in [0.1, 0.15) is 36.1 Å². The maximum atomic E-state index is 6.12. The van der Waals surface area contributed by atoms with E-state index in [0.29, 0.717) is 0 Å². The predicted octanol–water partition coefficient (Wildman–Crippen LogP) is 4.25. The summed E-state index contributed by atoms with van der Waals surface area (Å²) in [5, 5.41) is 3.27. The summed E-state index contributed by atoms with van der Waals surface area (Å²) in [6, 6.07) is 15.0. The van der Waals surface area contributed by atoms with Crippen LogP contribution in [-0.2, 0) is 12.8 Å². The smallest absolute Gasteiger partial charge is 0.132 e. The molecule has 0 bridgehead atoms. The Bertz CT molecular complexity index is 606. The summed E-state index contributed by atoms with van der Waals surface area (Å²) in [6.07, 6.45) is 3.66. The first-order chi connectivity index (χ1) is 9.78. The van der Waals surface area contributed by atoms with Crippen LogP contribution >= 0.6 is 0 Å². The molecular formula is C18H21NO. The van der Waals surface area contributed by atoms with E-state index in [2.05, 4.69) is 42.6 Å². The fourth-order valence-corrected chi connectivity index (χ4v) is 2.83. The van der Waals surface area contributed by atoms with Gasteiger partial charge in [0, 0.05) is 11.6 Å². The highest BCUT2D eigenvalue weighted by atomic mass is 16.5. The third-order valence-electron chi connectivity index (χ3n) is 4.12. The van der Waals surface area contributed by atoms with E-state index in [0.717, 1.165) is 11.5 Å². The number of aryl methyl sites for hydroxylation is 2. The molecule has 0 amide bonds. The summed E-state index contributed by atoms with van der Waals surface area (Å²) in [7, 11) is 1.97. The van der Waals surface area contributed by atoms with Crippen LogP contribution in [0, 0.1) is 0 Å². The van der Waals surface area contributed by atoms with E-state index in [9.17, 15) is 0 Å². The van der Waals surface area contributed by atoms with Crippen LogP contribution < -0.4 is 10.1 Å². The molecule has 0 radical (unpaired) electrons. The Balaban J connectivity index is 1.88. The topological polar surface area (TPSA) is 21.3 Å². The van der Waals surface area contributed by atoms with Crippen molar-refractivity contribution >= 4 is 0 Å². The van der Waals surface area contributed by atoms with Gasteiger partial charge < -0.3 is 10.1 Å². The van der Waals surface area contributed by atoms with Crippen LogP contribution in [0.4, 0.5) is 0 Å². The quantitative estimate of drug-likeness (QED) is 0.894. The van der Waals surface area contributed by atoms with Crippen molar-refractivity contribution < 1.29 is 4.74 Å². The molecule has 0 aromatic heterocycles. The maximum absolute atomic E-state index is 6.12. The second kappa shape index (κ2) is 5.68. The van der Waals surface area contributed by atoms with Crippen molar-refractivity contribution in [3.63, 3.8) is 0 Å². The van der Waals surface area contributed by atoms with Gasteiger partial charge in [0.15, 0.2) is 0 Å². The zero-order chi connectivity index (χ0) is 13.9. The number of benzene rings is 2. The van der Waals surface area contributed by atoms with Crippen molar-refractivity contribution in [2.45, 2.75) is 32.2 Å². The average Bonchev–Trinajstić information content (AvgIpc) is 2.94. The number of fused-ring (bicyclic) bond motifs is 1. The van der Waals surface area contributed by atoms with Gasteiger partial charge in [-0.2, -0.15) is 0 Å². The van der Waals surface area contributed by atoms with Crippen molar-refractivity contribution in [1.29, 1.82) is 0 Å². The Hall–Kier alpha value is -1.80. The Labute approximate surface area is 120 Å². The van der Waals surface area contributed by atoms with Gasteiger partial charge in [0.25, 0.3) is 0 Å². The van der Waals surface area contributed by atoms with Gasteiger partial charge in [-0.05, 0) is 62.6 Å². The lowest BCUT2D eigenvalue weighted by molar-refractivity contribution is 0.466. The molecule has 0 fully saturated rings. The molecule has 2 aromatic rings. The van der Waals surface area contributed by atoms with Crippen molar-refractivity contribution in [2.24, 2.45) is 0 Å². The summed E-state index contributed by atoms with van der Waals surface area (Å²) < 4.78 is 6.12. The molecule has 2 nitrogen and oxygen atoms in total. The normalized spacial score (nSPS) is 14.9. The molecule has 1 N–H and O–H groups in total. The Morgan fingerprint density at radius 2 is 1.85 bits per heavy atom. The van der Waals surface area contributed by atoms with Crippen LogP contribution in [0.15, 0.2) is 42.5 Å². The molecule has 1 aliphatic rings. The molecule has 2 heteroatoms. The SMILES string of the molecule is CNC(C)c1ccccc1Oc1ccc2c(c1)CCC2. The van der Waals surface area contributed by atoms with Gasteiger partial charge in [-0.1, -0.05) is 24.3 Å². The fourth-order valence-electron chi connectivity index (χ4n) is 2.83. The molecule has 1 unspecified atom stereocenters. The van der Waals surface area contributed by atoms with Crippen molar-refractivity contribution in [2.75, 3.05) is 7.05 Å². The minimum Gasteiger partial charge on any atom is -0.457 e. The molecule has 1 atom stereocenters. The molecule has 2 aromatic carbocycles. The van der Waals surface area contributed by atoms with Gasteiger partial charge in [-0.15, -0.1) is 0 Å². The van der Waals surface area contributed by atoms with E-state index >= 15 is 0 Å². The summed E-state index contributed by atoms with van der Waals surface area (Å²) in [4.78, 5) is 0. The van der Waals surface area contributed by atoms with E-state index in [1.165, 1.54) is 36.0 Å². The molecule has 0 saturated heterocycles. The molecule has 20 heavy (non-hydrogen) atoms. The second-order valence-electron chi connectivity index (χ2n) is 5.43. The summed E-state index contributed by atoms with van der Waals surface area (Å²) >= 11 is 0. The van der Waals surface area contributed by atoms with Crippen LogP contribution in [0.25, 0.3) is 0 Å². The minimum atomic E-state index is 0.278. The first-order valence-corrected chi connectivity index (χ1v) is 7.34.